The molecule has 6 rings (SSSR count). The molecule has 3 aliphatic rings. The van der Waals surface area contributed by atoms with Crippen LogP contribution in [0, 0.1) is 5.41 Å². The van der Waals surface area contributed by atoms with E-state index in [4.69, 9.17) is 15.8 Å². The average molecular weight is 394 g/mol. The lowest BCUT2D eigenvalue weighted by Crippen LogP contribution is -2.44. The zero-order chi connectivity index (χ0) is 18.7. The number of nitrogens with two attached hydrogens (primary N) is 1. The molecule has 0 amide bonds. The molecule has 2 N–H and O–H groups in total. The highest BCUT2D eigenvalue weighted by atomic mass is 32.1. The fourth-order valence-electron chi connectivity index (χ4n) is 5.70. The molecule has 1 saturated heterocycles. The van der Waals surface area contributed by atoms with Gasteiger partial charge in [-0.2, -0.15) is 0 Å². The molecule has 2 aromatic heterocycles. The van der Waals surface area contributed by atoms with Crippen LogP contribution in [0.5, 0.6) is 0 Å². The Morgan fingerprint density at radius 3 is 2.64 bits per heavy atom. The summed E-state index contributed by atoms with van der Waals surface area (Å²) in [5, 5.41) is 5.98. The molecule has 1 spiro atoms. The highest BCUT2D eigenvalue weighted by Crippen LogP contribution is 2.51. The van der Waals surface area contributed by atoms with Gasteiger partial charge >= 0.3 is 0 Å². The molecule has 146 valence electrons. The summed E-state index contributed by atoms with van der Waals surface area (Å²) < 4.78 is 2.01. The molecule has 6 heteroatoms. The smallest absolute Gasteiger partial charge is 0.214 e. The summed E-state index contributed by atoms with van der Waals surface area (Å²) in [7, 11) is 0. The van der Waals surface area contributed by atoms with Gasteiger partial charge in [0.05, 0.1) is 11.9 Å². The first-order valence-corrected chi connectivity index (χ1v) is 11.5. The highest BCUT2D eigenvalue weighted by molar-refractivity contribution is 7.20. The topological polar surface area (TPSA) is 59.5 Å². The Morgan fingerprint density at radius 1 is 1.11 bits per heavy atom. The summed E-state index contributed by atoms with van der Waals surface area (Å²) in [6, 6.07) is 8.92. The Labute approximate surface area is 169 Å². The SMILES string of the molecule is N[C@@H]1c2ccccc2CC12CCN(c1nn3cc(C4CCCC4)nc3s1)CC2. The van der Waals surface area contributed by atoms with Crippen molar-refractivity contribution in [2.24, 2.45) is 11.1 Å². The van der Waals surface area contributed by atoms with Crippen molar-refractivity contribution in [2.75, 3.05) is 18.0 Å². The number of benzene rings is 1. The van der Waals surface area contributed by atoms with Crippen molar-refractivity contribution in [3.05, 3.63) is 47.3 Å². The molecule has 1 aromatic carbocycles. The van der Waals surface area contributed by atoms with E-state index in [-0.39, 0.29) is 11.5 Å². The zero-order valence-electron chi connectivity index (χ0n) is 16.2. The fourth-order valence-corrected chi connectivity index (χ4v) is 6.64. The van der Waals surface area contributed by atoms with Crippen molar-refractivity contribution in [2.45, 2.75) is 56.9 Å². The lowest BCUT2D eigenvalue weighted by molar-refractivity contribution is 0.187. The molecular formula is C22H27N5S. The van der Waals surface area contributed by atoms with Gasteiger partial charge in [-0.15, -0.1) is 5.10 Å². The summed E-state index contributed by atoms with van der Waals surface area (Å²) in [5.41, 5.74) is 11.0. The summed E-state index contributed by atoms with van der Waals surface area (Å²) in [6.07, 6.45) is 10.8. The summed E-state index contributed by atoms with van der Waals surface area (Å²) in [4.78, 5) is 8.38. The second-order valence-corrected chi connectivity index (χ2v) is 9.90. The van der Waals surface area contributed by atoms with Crippen LogP contribution in [0.15, 0.2) is 30.5 Å². The summed E-state index contributed by atoms with van der Waals surface area (Å²) in [6.45, 7) is 2.07. The maximum atomic E-state index is 6.72. The van der Waals surface area contributed by atoms with E-state index in [0.717, 1.165) is 42.4 Å². The van der Waals surface area contributed by atoms with Gasteiger partial charge < -0.3 is 10.6 Å². The molecule has 3 heterocycles. The van der Waals surface area contributed by atoms with Crippen LogP contribution in [0.1, 0.15) is 67.3 Å². The zero-order valence-corrected chi connectivity index (χ0v) is 17.0. The first-order chi connectivity index (χ1) is 13.7. The Kier molecular flexibility index (Phi) is 3.82. The largest absolute Gasteiger partial charge is 0.347 e. The summed E-state index contributed by atoms with van der Waals surface area (Å²) >= 11 is 1.74. The van der Waals surface area contributed by atoms with Gasteiger partial charge in [-0.3, -0.25) is 0 Å². The molecule has 0 unspecified atom stereocenters. The molecule has 2 aliphatic carbocycles. The van der Waals surface area contributed by atoms with Crippen LogP contribution in [0.25, 0.3) is 4.96 Å². The molecule has 1 saturated carbocycles. The van der Waals surface area contributed by atoms with Crippen molar-refractivity contribution in [3.63, 3.8) is 0 Å². The lowest BCUT2D eigenvalue weighted by Gasteiger charge is -2.42. The van der Waals surface area contributed by atoms with Gasteiger partial charge in [0, 0.05) is 25.0 Å². The minimum absolute atomic E-state index is 0.174. The molecule has 0 radical (unpaired) electrons. The number of aromatic nitrogens is 3. The molecule has 1 atom stereocenters. The van der Waals surface area contributed by atoms with E-state index in [9.17, 15) is 0 Å². The monoisotopic (exact) mass is 393 g/mol. The van der Waals surface area contributed by atoms with Crippen molar-refractivity contribution in [1.29, 1.82) is 0 Å². The van der Waals surface area contributed by atoms with Crippen LogP contribution in [-0.2, 0) is 6.42 Å². The Bertz CT molecular complexity index is 976. The third kappa shape index (κ3) is 2.54. The van der Waals surface area contributed by atoms with Crippen molar-refractivity contribution < 1.29 is 0 Å². The first-order valence-electron chi connectivity index (χ1n) is 10.7. The van der Waals surface area contributed by atoms with Crippen LogP contribution in [0.3, 0.4) is 0 Å². The van der Waals surface area contributed by atoms with Crippen molar-refractivity contribution >= 4 is 21.4 Å². The lowest BCUT2D eigenvalue weighted by atomic mass is 9.73. The second-order valence-electron chi connectivity index (χ2n) is 8.96. The van der Waals surface area contributed by atoms with Crippen LogP contribution < -0.4 is 10.6 Å². The second kappa shape index (κ2) is 6.29. The predicted octanol–water partition coefficient (Wildman–Crippen LogP) is 4.29. The molecule has 1 aliphatic heterocycles. The number of hydrogen-bond donors (Lipinski definition) is 1. The van der Waals surface area contributed by atoms with Gasteiger partial charge in [-0.1, -0.05) is 48.4 Å². The minimum Gasteiger partial charge on any atom is -0.347 e. The Balaban J connectivity index is 1.19. The van der Waals surface area contributed by atoms with E-state index in [0.29, 0.717) is 5.92 Å². The van der Waals surface area contributed by atoms with Gasteiger partial charge in [0.1, 0.15) is 0 Å². The number of hydrogen-bond acceptors (Lipinski definition) is 5. The minimum atomic E-state index is 0.174. The van der Waals surface area contributed by atoms with E-state index in [2.05, 4.69) is 35.4 Å². The average Bonchev–Trinajstić information content (AvgIpc) is 3.47. The predicted molar refractivity (Wildman–Crippen MR) is 113 cm³/mol. The Hall–Kier alpha value is -1.92. The number of nitrogens with zero attached hydrogens (tertiary/aromatic N) is 4. The van der Waals surface area contributed by atoms with E-state index >= 15 is 0 Å². The van der Waals surface area contributed by atoms with E-state index < -0.39 is 0 Å². The molecular weight excluding hydrogens is 366 g/mol. The maximum Gasteiger partial charge on any atom is 0.214 e. The van der Waals surface area contributed by atoms with E-state index in [1.807, 2.05) is 4.52 Å². The van der Waals surface area contributed by atoms with Gasteiger partial charge in [0.2, 0.25) is 10.1 Å². The molecule has 0 bridgehead atoms. The number of fused-ring (bicyclic) bond motifs is 2. The number of anilines is 1. The highest BCUT2D eigenvalue weighted by Gasteiger charge is 2.46. The maximum absolute atomic E-state index is 6.72. The van der Waals surface area contributed by atoms with Crippen LogP contribution in [0.4, 0.5) is 5.13 Å². The van der Waals surface area contributed by atoms with E-state index in [1.165, 1.54) is 42.5 Å². The van der Waals surface area contributed by atoms with Crippen molar-refractivity contribution in [1.82, 2.24) is 14.6 Å². The molecule has 2 fully saturated rings. The van der Waals surface area contributed by atoms with Gasteiger partial charge in [0.15, 0.2) is 0 Å². The van der Waals surface area contributed by atoms with Crippen LogP contribution >= 0.6 is 11.3 Å². The first kappa shape index (κ1) is 17.0. The van der Waals surface area contributed by atoms with Gasteiger partial charge in [0.25, 0.3) is 0 Å². The third-order valence-electron chi connectivity index (χ3n) is 7.45. The van der Waals surface area contributed by atoms with E-state index in [1.54, 1.807) is 11.3 Å². The van der Waals surface area contributed by atoms with Crippen LogP contribution in [-0.4, -0.2) is 27.7 Å². The fraction of sp³-hybridized carbons (Fsp3) is 0.545. The molecule has 28 heavy (non-hydrogen) atoms. The van der Waals surface area contributed by atoms with Gasteiger partial charge in [-0.05, 0) is 48.6 Å². The molecule has 3 aromatic rings. The summed E-state index contributed by atoms with van der Waals surface area (Å²) in [5.74, 6) is 0.651. The Morgan fingerprint density at radius 2 is 1.89 bits per heavy atom. The van der Waals surface area contributed by atoms with Crippen LogP contribution in [0.2, 0.25) is 0 Å². The normalized spacial score (nSPS) is 24.5. The quantitative estimate of drug-likeness (QED) is 0.705. The number of rotatable bonds is 2. The van der Waals surface area contributed by atoms with Crippen molar-refractivity contribution in [3.8, 4) is 0 Å². The number of imidazole rings is 1. The third-order valence-corrected chi connectivity index (χ3v) is 8.43. The standard InChI is InChI=1S/C22H27N5S/c23-19-17-8-4-3-7-16(17)13-22(19)9-11-26(12-10-22)21-25-27-14-18(24-20(27)28-21)15-5-1-2-6-15/h3-4,7-8,14-15,19H,1-2,5-6,9-13,23H2/t19-/m1/s1. The molecule has 5 nitrogen and oxygen atoms in total. The van der Waals surface area contributed by atoms with Gasteiger partial charge in [-0.25, -0.2) is 9.50 Å². The number of piperidine rings is 1.